The van der Waals surface area contributed by atoms with E-state index in [4.69, 9.17) is 21.1 Å². The summed E-state index contributed by atoms with van der Waals surface area (Å²) in [5.74, 6) is 1.30. The second-order valence-corrected chi connectivity index (χ2v) is 4.22. The van der Waals surface area contributed by atoms with Crippen LogP contribution in [0.2, 0.25) is 5.02 Å². The molecule has 0 saturated carbocycles. The highest BCUT2D eigenvalue weighted by Crippen LogP contribution is 2.43. The quantitative estimate of drug-likeness (QED) is 0.867. The van der Waals surface area contributed by atoms with Gasteiger partial charge in [-0.15, -0.1) is 0 Å². The number of aliphatic hydroxyl groups is 1. The Morgan fingerprint density at radius 3 is 2.56 bits per heavy atom. The average Bonchev–Trinajstić information content (AvgIpc) is 2.29. The molecule has 88 valence electrons. The van der Waals surface area contributed by atoms with Crippen LogP contribution in [0.15, 0.2) is 6.07 Å². The second kappa shape index (κ2) is 4.52. The minimum atomic E-state index is -0.553. The Bertz CT molecular complexity index is 402. The first kappa shape index (κ1) is 11.6. The summed E-state index contributed by atoms with van der Waals surface area (Å²) in [4.78, 5) is 0. The third-order valence-electron chi connectivity index (χ3n) is 2.71. The van der Waals surface area contributed by atoms with Crippen LogP contribution >= 0.6 is 11.6 Å². The van der Waals surface area contributed by atoms with Crippen molar-refractivity contribution < 1.29 is 14.6 Å². The molecule has 0 amide bonds. The molecular weight excluding hydrogens is 228 g/mol. The molecule has 1 aromatic rings. The maximum atomic E-state index is 9.71. The minimum absolute atomic E-state index is 0.503. The van der Waals surface area contributed by atoms with Crippen LogP contribution in [0.5, 0.6) is 11.5 Å². The summed E-state index contributed by atoms with van der Waals surface area (Å²) >= 11 is 6.10. The Morgan fingerprint density at radius 2 is 2.00 bits per heavy atom. The van der Waals surface area contributed by atoms with Gasteiger partial charge < -0.3 is 14.6 Å². The zero-order chi connectivity index (χ0) is 11.7. The van der Waals surface area contributed by atoms with Crippen LogP contribution in [-0.4, -0.2) is 18.3 Å². The SMILES string of the molecule is CCc1c(C(C)O)cc(Cl)c2c1OCCO2. The van der Waals surface area contributed by atoms with Crippen LogP contribution in [0.3, 0.4) is 0 Å². The van der Waals surface area contributed by atoms with Gasteiger partial charge >= 0.3 is 0 Å². The van der Waals surface area contributed by atoms with E-state index in [1.54, 1.807) is 13.0 Å². The van der Waals surface area contributed by atoms with Gasteiger partial charge in [0.15, 0.2) is 11.5 Å². The average molecular weight is 243 g/mol. The van der Waals surface area contributed by atoms with Crippen LogP contribution in [0.4, 0.5) is 0 Å². The number of hydrogen-bond donors (Lipinski definition) is 1. The van der Waals surface area contributed by atoms with E-state index < -0.39 is 6.10 Å². The lowest BCUT2D eigenvalue weighted by molar-refractivity contribution is 0.166. The van der Waals surface area contributed by atoms with Gasteiger partial charge in [-0.05, 0) is 25.0 Å². The van der Waals surface area contributed by atoms with Gasteiger partial charge in [-0.1, -0.05) is 18.5 Å². The topological polar surface area (TPSA) is 38.7 Å². The standard InChI is InChI=1S/C12H15ClO3/c1-3-8-9(7(2)14)6-10(13)12-11(8)15-4-5-16-12/h6-7,14H,3-5H2,1-2H3. The summed E-state index contributed by atoms with van der Waals surface area (Å²) in [6, 6.07) is 1.76. The molecule has 3 nitrogen and oxygen atoms in total. The van der Waals surface area contributed by atoms with Gasteiger partial charge in [-0.25, -0.2) is 0 Å². The molecule has 1 N–H and O–H groups in total. The number of halogens is 1. The number of hydrogen-bond acceptors (Lipinski definition) is 3. The smallest absolute Gasteiger partial charge is 0.180 e. The van der Waals surface area contributed by atoms with E-state index >= 15 is 0 Å². The zero-order valence-corrected chi connectivity index (χ0v) is 10.2. The van der Waals surface area contributed by atoms with Crippen molar-refractivity contribution in [2.75, 3.05) is 13.2 Å². The predicted octanol–water partition coefficient (Wildman–Crippen LogP) is 2.73. The van der Waals surface area contributed by atoms with Crippen LogP contribution in [0.25, 0.3) is 0 Å². The normalized spacial score (nSPS) is 16.0. The molecule has 1 aliphatic rings. The summed E-state index contributed by atoms with van der Waals surface area (Å²) in [6.45, 7) is 4.79. The minimum Gasteiger partial charge on any atom is -0.486 e. The predicted molar refractivity (Wildman–Crippen MR) is 62.5 cm³/mol. The Hall–Kier alpha value is -0.930. The van der Waals surface area contributed by atoms with Crippen LogP contribution < -0.4 is 9.47 Å². The summed E-state index contributed by atoms with van der Waals surface area (Å²) in [7, 11) is 0. The lowest BCUT2D eigenvalue weighted by Gasteiger charge is -2.24. The fourth-order valence-corrected chi connectivity index (χ4v) is 2.24. The molecule has 1 unspecified atom stereocenters. The molecule has 0 spiro atoms. The molecule has 1 aliphatic heterocycles. The van der Waals surface area contributed by atoms with Gasteiger partial charge in [0.2, 0.25) is 0 Å². The van der Waals surface area contributed by atoms with Crippen molar-refractivity contribution >= 4 is 11.6 Å². The number of benzene rings is 1. The van der Waals surface area contributed by atoms with Crippen LogP contribution in [-0.2, 0) is 6.42 Å². The monoisotopic (exact) mass is 242 g/mol. The van der Waals surface area contributed by atoms with Gasteiger partial charge in [-0.2, -0.15) is 0 Å². The van der Waals surface area contributed by atoms with Crippen molar-refractivity contribution in [1.82, 2.24) is 0 Å². The van der Waals surface area contributed by atoms with Gasteiger partial charge in [0.25, 0.3) is 0 Å². The Labute approximate surface area is 99.9 Å². The van der Waals surface area contributed by atoms with Crippen molar-refractivity contribution in [2.24, 2.45) is 0 Å². The molecule has 0 fully saturated rings. The Balaban J connectivity index is 2.61. The number of fused-ring (bicyclic) bond motifs is 1. The van der Waals surface area contributed by atoms with Crippen molar-refractivity contribution in [3.63, 3.8) is 0 Å². The first-order chi connectivity index (χ1) is 7.65. The molecule has 0 saturated heterocycles. The fourth-order valence-electron chi connectivity index (χ4n) is 1.98. The Morgan fingerprint density at radius 1 is 1.38 bits per heavy atom. The molecule has 4 heteroatoms. The molecule has 1 atom stereocenters. The molecule has 1 aromatic carbocycles. The van der Waals surface area contributed by atoms with E-state index in [1.807, 2.05) is 6.92 Å². The maximum Gasteiger partial charge on any atom is 0.180 e. The third-order valence-corrected chi connectivity index (χ3v) is 2.99. The first-order valence-electron chi connectivity index (χ1n) is 5.44. The zero-order valence-electron chi connectivity index (χ0n) is 9.42. The molecule has 0 aliphatic carbocycles. The highest BCUT2D eigenvalue weighted by atomic mass is 35.5. The first-order valence-corrected chi connectivity index (χ1v) is 5.81. The number of aliphatic hydroxyl groups excluding tert-OH is 1. The number of ether oxygens (including phenoxy) is 2. The van der Waals surface area contributed by atoms with Crippen LogP contribution in [0.1, 0.15) is 31.1 Å². The highest BCUT2D eigenvalue weighted by molar-refractivity contribution is 6.32. The molecule has 2 rings (SSSR count). The summed E-state index contributed by atoms with van der Waals surface area (Å²) in [5, 5.41) is 10.2. The second-order valence-electron chi connectivity index (χ2n) is 3.81. The third kappa shape index (κ3) is 1.85. The van der Waals surface area contributed by atoms with Gasteiger partial charge in [-0.3, -0.25) is 0 Å². The van der Waals surface area contributed by atoms with E-state index in [0.29, 0.717) is 29.7 Å². The molecular formula is C12H15ClO3. The van der Waals surface area contributed by atoms with Gasteiger partial charge in [0, 0.05) is 5.56 Å². The van der Waals surface area contributed by atoms with E-state index in [-0.39, 0.29) is 0 Å². The lowest BCUT2D eigenvalue weighted by atomic mass is 9.99. The van der Waals surface area contributed by atoms with E-state index in [0.717, 1.165) is 17.5 Å². The van der Waals surface area contributed by atoms with Crippen molar-refractivity contribution in [3.05, 3.63) is 22.2 Å². The molecule has 1 heterocycles. The Kier molecular flexibility index (Phi) is 3.26. The molecule has 0 aromatic heterocycles. The lowest BCUT2D eigenvalue weighted by Crippen LogP contribution is -2.18. The van der Waals surface area contributed by atoms with E-state index in [9.17, 15) is 5.11 Å². The summed E-state index contributed by atoms with van der Waals surface area (Å²) < 4.78 is 11.1. The molecule has 0 radical (unpaired) electrons. The van der Waals surface area contributed by atoms with E-state index in [1.165, 1.54) is 0 Å². The molecule has 16 heavy (non-hydrogen) atoms. The summed E-state index contributed by atoms with van der Waals surface area (Å²) in [5.41, 5.74) is 1.80. The largest absolute Gasteiger partial charge is 0.486 e. The van der Waals surface area contributed by atoms with Crippen LogP contribution in [0, 0.1) is 0 Å². The molecule has 0 bridgehead atoms. The highest BCUT2D eigenvalue weighted by Gasteiger charge is 2.23. The van der Waals surface area contributed by atoms with Gasteiger partial charge in [0.05, 0.1) is 11.1 Å². The number of rotatable bonds is 2. The van der Waals surface area contributed by atoms with Gasteiger partial charge in [0.1, 0.15) is 13.2 Å². The fraction of sp³-hybridized carbons (Fsp3) is 0.500. The van der Waals surface area contributed by atoms with Crippen molar-refractivity contribution in [3.8, 4) is 11.5 Å². The van der Waals surface area contributed by atoms with Crippen molar-refractivity contribution in [2.45, 2.75) is 26.4 Å². The maximum absolute atomic E-state index is 9.71. The van der Waals surface area contributed by atoms with Crippen molar-refractivity contribution in [1.29, 1.82) is 0 Å². The van der Waals surface area contributed by atoms with E-state index in [2.05, 4.69) is 0 Å². The summed E-state index contributed by atoms with van der Waals surface area (Å²) in [6.07, 6.45) is 0.228.